The van der Waals surface area contributed by atoms with Crippen molar-refractivity contribution in [3.63, 3.8) is 0 Å². The van der Waals surface area contributed by atoms with E-state index in [4.69, 9.17) is 14.6 Å². The summed E-state index contributed by atoms with van der Waals surface area (Å²) in [7, 11) is 3.35. The zero-order valence-electron chi connectivity index (χ0n) is 24.2. The number of ether oxygens (including phenoxy) is 2. The van der Waals surface area contributed by atoms with Crippen molar-refractivity contribution >= 4 is 6.29 Å². The molecule has 0 N–H and O–H groups in total. The number of piperidine rings is 2. The van der Waals surface area contributed by atoms with E-state index in [1.165, 1.54) is 5.56 Å². The van der Waals surface area contributed by atoms with Gasteiger partial charge in [0.2, 0.25) is 0 Å². The molecule has 1 aromatic heterocycles. The first-order valence-corrected chi connectivity index (χ1v) is 14.4. The van der Waals surface area contributed by atoms with Gasteiger partial charge in [0, 0.05) is 30.6 Å². The van der Waals surface area contributed by atoms with Crippen molar-refractivity contribution in [2.45, 2.75) is 57.5 Å². The molecule has 0 saturated carbocycles. The third kappa shape index (κ3) is 6.20. The number of hydrogen-bond acceptors (Lipinski definition) is 8. The number of carbonyl (C=O) groups excluding carboxylic acids is 1. The van der Waals surface area contributed by atoms with E-state index in [1.54, 1.807) is 14.2 Å². The molecule has 2 saturated heterocycles. The van der Waals surface area contributed by atoms with Gasteiger partial charge in [-0.05, 0) is 61.5 Å². The van der Waals surface area contributed by atoms with E-state index in [9.17, 15) is 4.79 Å². The van der Waals surface area contributed by atoms with Gasteiger partial charge in [0.05, 0.1) is 20.3 Å². The van der Waals surface area contributed by atoms with Gasteiger partial charge in [0.25, 0.3) is 0 Å². The topological polar surface area (TPSA) is 85.6 Å². The van der Waals surface area contributed by atoms with Gasteiger partial charge in [0.15, 0.2) is 17.3 Å². The Bertz CT molecular complexity index is 1250. The van der Waals surface area contributed by atoms with E-state index in [2.05, 4.69) is 56.5 Å². The Balaban J connectivity index is 1.37. The second kappa shape index (κ2) is 12.5. The summed E-state index contributed by atoms with van der Waals surface area (Å²) in [6.45, 7) is 8.43. The van der Waals surface area contributed by atoms with Crippen LogP contribution in [-0.4, -0.2) is 83.2 Å². The summed E-state index contributed by atoms with van der Waals surface area (Å²) in [5.41, 5.74) is 2.07. The molecule has 214 valence electrons. The lowest BCUT2D eigenvalue weighted by Gasteiger charge is -2.37. The molecular weight excluding hydrogens is 504 g/mol. The van der Waals surface area contributed by atoms with E-state index in [1.807, 2.05) is 30.8 Å². The summed E-state index contributed by atoms with van der Waals surface area (Å²) < 4.78 is 11.5. The molecule has 3 aromatic rings. The maximum Gasteiger partial charge on any atom is 0.196 e. The largest absolute Gasteiger partial charge is 0.493 e. The lowest BCUT2D eigenvalue weighted by molar-refractivity contribution is -0.115. The molecule has 9 nitrogen and oxygen atoms in total. The number of aromatic nitrogens is 4. The standard InChI is InChI=1S/C31H42N6O3/c1-31(2,22-38)21-35-17-15-25(16-18-35)37-33-30(32-34-37)28(26-11-8-12-27(39-3)29(26)40-4)36-19-13-24(14-20-36)23-9-6-5-7-10-23/h5-12,22,24-25,28H,13-21H2,1-4H3/t28-/m1/s1. The van der Waals surface area contributed by atoms with Gasteiger partial charge in [-0.2, -0.15) is 4.80 Å². The fourth-order valence-electron chi connectivity index (χ4n) is 6.27. The molecule has 5 rings (SSSR count). The molecular formula is C31H42N6O3. The molecule has 2 fully saturated rings. The Morgan fingerprint density at radius 1 is 0.950 bits per heavy atom. The van der Waals surface area contributed by atoms with Crippen molar-refractivity contribution < 1.29 is 14.3 Å². The minimum Gasteiger partial charge on any atom is -0.493 e. The number of rotatable bonds is 10. The van der Waals surface area contributed by atoms with Gasteiger partial charge < -0.3 is 19.2 Å². The number of methoxy groups -OCH3 is 2. The zero-order chi connectivity index (χ0) is 28.1. The first kappa shape index (κ1) is 28.2. The van der Waals surface area contributed by atoms with Crippen LogP contribution in [0.25, 0.3) is 0 Å². The first-order chi connectivity index (χ1) is 19.4. The van der Waals surface area contributed by atoms with Crippen molar-refractivity contribution in [1.82, 2.24) is 30.0 Å². The number of aldehydes is 1. The van der Waals surface area contributed by atoms with Gasteiger partial charge in [-0.3, -0.25) is 4.90 Å². The van der Waals surface area contributed by atoms with Crippen LogP contribution in [0.3, 0.4) is 0 Å². The van der Waals surface area contributed by atoms with Crippen LogP contribution >= 0.6 is 0 Å². The fraction of sp³-hybridized carbons (Fsp3) is 0.548. The van der Waals surface area contributed by atoms with Gasteiger partial charge in [-0.1, -0.05) is 56.3 Å². The predicted octanol–water partition coefficient (Wildman–Crippen LogP) is 4.52. The second-order valence-electron chi connectivity index (χ2n) is 11.8. The molecule has 2 aromatic carbocycles. The van der Waals surface area contributed by atoms with E-state index in [0.29, 0.717) is 23.2 Å². The quantitative estimate of drug-likeness (QED) is 0.343. The van der Waals surface area contributed by atoms with Gasteiger partial charge in [-0.25, -0.2) is 0 Å². The number of benzene rings is 2. The molecule has 9 heteroatoms. The maximum absolute atomic E-state index is 11.4. The molecule has 0 unspecified atom stereocenters. The Morgan fingerprint density at radius 2 is 1.68 bits per heavy atom. The van der Waals surface area contributed by atoms with Crippen LogP contribution in [0.1, 0.15) is 74.5 Å². The average molecular weight is 547 g/mol. The molecule has 1 atom stereocenters. The van der Waals surface area contributed by atoms with E-state index in [0.717, 1.165) is 70.3 Å². The SMILES string of the molecule is COc1cccc([C@H](c2nnn(C3CCN(CC(C)(C)C=O)CC3)n2)N2CCC(c3ccccc3)CC2)c1OC. The zero-order valence-corrected chi connectivity index (χ0v) is 24.2. The Hall–Kier alpha value is -3.30. The summed E-state index contributed by atoms with van der Waals surface area (Å²) in [5.74, 6) is 2.64. The molecule has 2 aliphatic heterocycles. The summed E-state index contributed by atoms with van der Waals surface area (Å²) in [6, 6.07) is 16.8. The van der Waals surface area contributed by atoms with Crippen molar-refractivity contribution in [3.8, 4) is 11.5 Å². The first-order valence-electron chi connectivity index (χ1n) is 14.4. The number of likely N-dealkylation sites (tertiary alicyclic amines) is 2. The van der Waals surface area contributed by atoms with Crippen molar-refractivity contribution in [3.05, 3.63) is 65.5 Å². The predicted molar refractivity (Wildman–Crippen MR) is 154 cm³/mol. The van der Waals surface area contributed by atoms with Crippen LogP contribution in [0, 0.1) is 5.41 Å². The third-order valence-corrected chi connectivity index (χ3v) is 8.42. The van der Waals surface area contributed by atoms with Crippen LogP contribution < -0.4 is 9.47 Å². The van der Waals surface area contributed by atoms with Crippen LogP contribution in [0.15, 0.2) is 48.5 Å². The highest BCUT2D eigenvalue weighted by Crippen LogP contribution is 2.41. The number of tetrazole rings is 1. The summed E-state index contributed by atoms with van der Waals surface area (Å²) in [6.07, 6.45) is 5.05. The molecule has 0 spiro atoms. The Labute approximate surface area is 237 Å². The monoisotopic (exact) mass is 546 g/mol. The second-order valence-corrected chi connectivity index (χ2v) is 11.8. The highest BCUT2D eigenvalue weighted by Gasteiger charge is 2.35. The van der Waals surface area contributed by atoms with Crippen LogP contribution in [0.2, 0.25) is 0 Å². The number of carbonyl (C=O) groups is 1. The van der Waals surface area contributed by atoms with Crippen molar-refractivity contribution in [2.75, 3.05) is 46.9 Å². The minimum atomic E-state index is -0.331. The van der Waals surface area contributed by atoms with Crippen LogP contribution in [0.5, 0.6) is 11.5 Å². The lowest BCUT2D eigenvalue weighted by Crippen LogP contribution is -2.41. The fourth-order valence-corrected chi connectivity index (χ4v) is 6.27. The van der Waals surface area contributed by atoms with Crippen LogP contribution in [-0.2, 0) is 4.79 Å². The normalized spacial score (nSPS) is 18.9. The molecule has 0 aliphatic carbocycles. The average Bonchev–Trinajstić information content (AvgIpc) is 3.48. The number of nitrogens with zero attached hydrogens (tertiary/aromatic N) is 6. The molecule has 40 heavy (non-hydrogen) atoms. The van der Waals surface area contributed by atoms with E-state index < -0.39 is 0 Å². The third-order valence-electron chi connectivity index (χ3n) is 8.42. The lowest BCUT2D eigenvalue weighted by atomic mass is 9.88. The summed E-state index contributed by atoms with van der Waals surface area (Å²) >= 11 is 0. The Kier molecular flexibility index (Phi) is 8.81. The van der Waals surface area contributed by atoms with Crippen molar-refractivity contribution in [1.29, 1.82) is 0 Å². The van der Waals surface area contributed by atoms with Gasteiger partial charge in [-0.15, -0.1) is 10.2 Å². The van der Waals surface area contributed by atoms with Crippen LogP contribution in [0.4, 0.5) is 0 Å². The smallest absolute Gasteiger partial charge is 0.196 e. The van der Waals surface area contributed by atoms with E-state index in [-0.39, 0.29) is 17.5 Å². The highest BCUT2D eigenvalue weighted by molar-refractivity contribution is 5.58. The van der Waals surface area contributed by atoms with Gasteiger partial charge in [0.1, 0.15) is 12.3 Å². The van der Waals surface area contributed by atoms with E-state index >= 15 is 0 Å². The minimum absolute atomic E-state index is 0.188. The molecule has 2 aliphatic rings. The summed E-state index contributed by atoms with van der Waals surface area (Å²) in [5, 5.41) is 14.2. The molecule has 0 amide bonds. The number of hydrogen-bond donors (Lipinski definition) is 0. The Morgan fingerprint density at radius 3 is 2.33 bits per heavy atom. The molecule has 3 heterocycles. The molecule has 0 radical (unpaired) electrons. The summed E-state index contributed by atoms with van der Waals surface area (Å²) in [4.78, 5) is 18.0. The van der Waals surface area contributed by atoms with Gasteiger partial charge >= 0.3 is 0 Å². The highest BCUT2D eigenvalue weighted by atomic mass is 16.5. The molecule has 0 bridgehead atoms. The van der Waals surface area contributed by atoms with Crippen molar-refractivity contribution in [2.24, 2.45) is 5.41 Å². The number of para-hydroxylation sites is 1. The maximum atomic E-state index is 11.4.